The van der Waals surface area contributed by atoms with Crippen LogP contribution in [-0.4, -0.2) is 0 Å². The van der Waals surface area contributed by atoms with Gasteiger partial charge < -0.3 is 8.83 Å². The fourth-order valence-corrected chi connectivity index (χ4v) is 8.53. The molecule has 2 aromatic heterocycles. The van der Waals surface area contributed by atoms with Gasteiger partial charge in [-0.2, -0.15) is 0 Å². The normalized spacial score (nSPS) is 13.7. The van der Waals surface area contributed by atoms with E-state index in [1.807, 2.05) is 12.1 Å². The summed E-state index contributed by atoms with van der Waals surface area (Å²) in [4.78, 5) is 0. The van der Waals surface area contributed by atoms with Gasteiger partial charge in [-0.25, -0.2) is 0 Å². The van der Waals surface area contributed by atoms with Gasteiger partial charge in [-0.3, -0.25) is 0 Å². The second kappa shape index (κ2) is 10.6. The van der Waals surface area contributed by atoms with Gasteiger partial charge in [0.25, 0.3) is 0 Å². The van der Waals surface area contributed by atoms with Crippen LogP contribution in [0.25, 0.3) is 98.5 Å². The molecule has 10 aromatic rings. The molecule has 0 radical (unpaired) electrons. The van der Waals surface area contributed by atoms with Crippen molar-refractivity contribution in [3.05, 3.63) is 169 Å². The third kappa shape index (κ3) is 3.96. The van der Waals surface area contributed by atoms with Crippen LogP contribution in [-0.2, 0) is 0 Å². The number of benzene rings is 8. The zero-order valence-corrected chi connectivity index (χ0v) is 27.2. The monoisotopic (exact) mass is 638 g/mol. The average Bonchev–Trinajstić information content (AvgIpc) is 3.75. The average molecular weight is 639 g/mol. The van der Waals surface area contributed by atoms with Crippen LogP contribution in [0.15, 0.2) is 167 Å². The van der Waals surface area contributed by atoms with Gasteiger partial charge in [0.2, 0.25) is 0 Å². The molecule has 1 aliphatic carbocycles. The van der Waals surface area contributed by atoms with Gasteiger partial charge in [-0.1, -0.05) is 127 Å². The summed E-state index contributed by atoms with van der Waals surface area (Å²) in [6, 6.07) is 52.2. The van der Waals surface area contributed by atoms with Crippen LogP contribution >= 0.6 is 0 Å². The highest BCUT2D eigenvalue weighted by Crippen LogP contribution is 2.45. The van der Waals surface area contributed by atoms with Crippen LogP contribution in [0.2, 0.25) is 0 Å². The molecule has 0 atom stereocenters. The SMILES string of the molecule is C1=C(c2ccc3c(c2)oc2ccc4ccc5c6ccccc6oc5c4c23)CCC(c2c3ccccc3c(-c3ccccc3)c3ccccc23)=C1. The Morgan fingerprint density at radius 1 is 0.360 bits per heavy atom. The van der Waals surface area contributed by atoms with Crippen LogP contribution < -0.4 is 0 Å². The first-order valence-corrected chi connectivity index (χ1v) is 17.4. The Balaban J connectivity index is 1.05. The zero-order chi connectivity index (χ0) is 32.8. The van der Waals surface area contributed by atoms with Crippen LogP contribution in [0, 0.1) is 0 Å². The maximum absolute atomic E-state index is 6.57. The highest BCUT2D eigenvalue weighted by Gasteiger charge is 2.21. The standard InChI is InChI=1S/C48H30O2/c1-2-10-30(11-3-1)44-35-13-4-6-15-37(35)45(38-16-7-5-14-36(38)44)31-20-18-29(19-21-31)33-23-26-40-43(28-33)49-42-27-24-32-22-25-39-34-12-8-9-17-41(34)50-48(39)46(32)47(40)42/h1-18,20,22-28H,19,21H2. The minimum Gasteiger partial charge on any atom is -0.456 e. The molecule has 0 saturated carbocycles. The summed E-state index contributed by atoms with van der Waals surface area (Å²) in [5.41, 5.74) is 11.4. The molecule has 2 heterocycles. The summed E-state index contributed by atoms with van der Waals surface area (Å²) in [6.07, 6.45) is 6.61. The predicted molar refractivity (Wildman–Crippen MR) is 211 cm³/mol. The summed E-state index contributed by atoms with van der Waals surface area (Å²) in [7, 11) is 0. The lowest BCUT2D eigenvalue weighted by molar-refractivity contribution is 0.667. The molecule has 0 N–H and O–H groups in total. The second-order valence-electron chi connectivity index (χ2n) is 13.5. The van der Waals surface area contributed by atoms with E-state index < -0.39 is 0 Å². The number of allylic oxidation sites excluding steroid dienone is 4. The molecule has 0 spiro atoms. The van der Waals surface area contributed by atoms with Crippen molar-refractivity contribution in [3.8, 4) is 11.1 Å². The van der Waals surface area contributed by atoms with E-state index >= 15 is 0 Å². The topological polar surface area (TPSA) is 26.3 Å². The van der Waals surface area contributed by atoms with Gasteiger partial charge in [-0.15, -0.1) is 0 Å². The maximum Gasteiger partial charge on any atom is 0.144 e. The Hall–Kier alpha value is -6.38. The highest BCUT2D eigenvalue weighted by atomic mass is 16.3. The molecule has 0 amide bonds. The number of hydrogen-bond acceptors (Lipinski definition) is 2. The van der Waals surface area contributed by atoms with Crippen LogP contribution in [0.4, 0.5) is 0 Å². The first-order chi connectivity index (χ1) is 24.8. The smallest absolute Gasteiger partial charge is 0.144 e. The summed E-state index contributed by atoms with van der Waals surface area (Å²) >= 11 is 0. The third-order valence-corrected chi connectivity index (χ3v) is 10.8. The van der Waals surface area contributed by atoms with E-state index in [0.717, 1.165) is 67.5 Å². The summed E-state index contributed by atoms with van der Waals surface area (Å²) in [5.74, 6) is 0. The largest absolute Gasteiger partial charge is 0.456 e. The van der Waals surface area contributed by atoms with Gasteiger partial charge in [0.05, 0.1) is 0 Å². The summed E-state index contributed by atoms with van der Waals surface area (Å²) in [5, 5.41) is 12.0. The fraction of sp³-hybridized carbons (Fsp3) is 0.0417. The van der Waals surface area contributed by atoms with Crippen LogP contribution in [0.1, 0.15) is 24.0 Å². The molecule has 0 unspecified atom stereocenters. The van der Waals surface area contributed by atoms with E-state index in [1.165, 1.54) is 54.9 Å². The molecule has 2 nitrogen and oxygen atoms in total. The number of furan rings is 2. The predicted octanol–water partition coefficient (Wildman–Crippen LogP) is 13.9. The highest BCUT2D eigenvalue weighted by molar-refractivity contribution is 6.28. The molecular weight excluding hydrogens is 609 g/mol. The van der Waals surface area contributed by atoms with Crippen molar-refractivity contribution in [3.63, 3.8) is 0 Å². The molecule has 8 aromatic carbocycles. The lowest BCUT2D eigenvalue weighted by Gasteiger charge is -2.21. The molecule has 50 heavy (non-hydrogen) atoms. The first-order valence-electron chi connectivity index (χ1n) is 17.4. The van der Waals surface area contributed by atoms with Crippen molar-refractivity contribution < 1.29 is 8.83 Å². The maximum atomic E-state index is 6.57. The van der Waals surface area contributed by atoms with Crippen molar-refractivity contribution >= 4 is 87.3 Å². The van der Waals surface area contributed by atoms with Crippen LogP contribution in [0.5, 0.6) is 0 Å². The van der Waals surface area contributed by atoms with Crippen molar-refractivity contribution in [1.82, 2.24) is 0 Å². The fourth-order valence-electron chi connectivity index (χ4n) is 8.53. The molecule has 0 saturated heterocycles. The van der Waals surface area contributed by atoms with Crippen LogP contribution in [0.3, 0.4) is 0 Å². The van der Waals surface area contributed by atoms with Gasteiger partial charge in [0.15, 0.2) is 0 Å². The van der Waals surface area contributed by atoms with E-state index in [-0.39, 0.29) is 0 Å². The van der Waals surface area contributed by atoms with Crippen molar-refractivity contribution in [2.45, 2.75) is 12.8 Å². The second-order valence-corrected chi connectivity index (χ2v) is 13.5. The Morgan fingerprint density at radius 3 is 1.72 bits per heavy atom. The van der Waals surface area contributed by atoms with E-state index in [4.69, 9.17) is 8.83 Å². The molecule has 0 aliphatic heterocycles. The van der Waals surface area contributed by atoms with Gasteiger partial charge in [0.1, 0.15) is 22.3 Å². The molecule has 234 valence electrons. The van der Waals surface area contributed by atoms with E-state index in [1.54, 1.807) is 0 Å². The van der Waals surface area contributed by atoms with Crippen molar-refractivity contribution in [1.29, 1.82) is 0 Å². The number of hydrogen-bond donors (Lipinski definition) is 0. The zero-order valence-electron chi connectivity index (χ0n) is 27.2. The molecule has 2 heteroatoms. The van der Waals surface area contributed by atoms with E-state index in [9.17, 15) is 0 Å². The van der Waals surface area contributed by atoms with E-state index in [0.29, 0.717) is 0 Å². The van der Waals surface area contributed by atoms with E-state index in [2.05, 4.69) is 146 Å². The summed E-state index contributed by atoms with van der Waals surface area (Å²) < 4.78 is 13.0. The minimum absolute atomic E-state index is 0.884. The van der Waals surface area contributed by atoms with Gasteiger partial charge >= 0.3 is 0 Å². The lowest BCUT2D eigenvalue weighted by atomic mass is 9.82. The lowest BCUT2D eigenvalue weighted by Crippen LogP contribution is -1.97. The van der Waals surface area contributed by atoms with Crippen molar-refractivity contribution in [2.24, 2.45) is 0 Å². The molecule has 0 fully saturated rings. The first kappa shape index (κ1) is 27.6. The summed E-state index contributed by atoms with van der Waals surface area (Å²) in [6.45, 7) is 0. The molecule has 11 rings (SSSR count). The molecular formula is C48H30O2. The molecule has 0 bridgehead atoms. The van der Waals surface area contributed by atoms with Gasteiger partial charge in [-0.05, 0) is 104 Å². The minimum atomic E-state index is 0.884. The Bertz CT molecular complexity index is 3020. The molecule has 1 aliphatic rings. The Morgan fingerprint density at radius 2 is 0.980 bits per heavy atom. The Labute approximate surface area is 288 Å². The van der Waals surface area contributed by atoms with Gasteiger partial charge in [0, 0.05) is 26.9 Å². The Kier molecular flexibility index (Phi) is 5.82. The number of para-hydroxylation sites is 1. The number of fused-ring (bicyclic) bond motifs is 11. The number of rotatable bonds is 3. The van der Waals surface area contributed by atoms with Crippen molar-refractivity contribution in [2.75, 3.05) is 0 Å². The quantitative estimate of drug-likeness (QED) is 0.180. The third-order valence-electron chi connectivity index (χ3n) is 10.8.